The number of likely N-dealkylation sites (N-methyl/N-ethyl adjacent to an activating group) is 1. The molecule has 1 unspecified atom stereocenters. The van der Waals surface area contributed by atoms with Crippen LogP contribution in [-0.2, 0) is 9.47 Å². The van der Waals surface area contributed by atoms with Gasteiger partial charge < -0.3 is 19.5 Å². The van der Waals surface area contributed by atoms with Crippen molar-refractivity contribution in [3.63, 3.8) is 0 Å². The average Bonchev–Trinajstić information content (AvgIpc) is 3.24. The van der Waals surface area contributed by atoms with Gasteiger partial charge in [-0.1, -0.05) is 30.3 Å². The lowest BCUT2D eigenvalue weighted by Gasteiger charge is -2.29. The first-order valence-corrected chi connectivity index (χ1v) is 12.9. The van der Waals surface area contributed by atoms with Gasteiger partial charge in [-0.3, -0.25) is 0 Å². The van der Waals surface area contributed by atoms with Crippen LogP contribution in [0.25, 0.3) is 0 Å². The molecule has 0 radical (unpaired) electrons. The van der Waals surface area contributed by atoms with Crippen LogP contribution in [0.1, 0.15) is 40.2 Å². The molecular formula is C28H31N5O3S. The molecule has 3 rings (SSSR count). The highest BCUT2D eigenvalue weighted by Crippen LogP contribution is 2.36. The maximum absolute atomic E-state index is 9.44. The van der Waals surface area contributed by atoms with E-state index in [1.54, 1.807) is 6.92 Å². The molecule has 0 amide bonds. The Bertz CT molecular complexity index is 1280. The number of anilines is 1. The minimum atomic E-state index is -0.153. The van der Waals surface area contributed by atoms with Crippen molar-refractivity contribution in [3.05, 3.63) is 75.7 Å². The van der Waals surface area contributed by atoms with Gasteiger partial charge in [0.15, 0.2) is 5.00 Å². The lowest BCUT2D eigenvalue weighted by Crippen LogP contribution is -2.30. The number of benzene rings is 2. The second-order valence-electron chi connectivity index (χ2n) is 8.28. The Kier molecular flexibility index (Phi) is 10.8. The summed E-state index contributed by atoms with van der Waals surface area (Å²) in [7, 11) is 0. The molecule has 0 aliphatic carbocycles. The third-order valence-corrected chi connectivity index (χ3v) is 6.94. The zero-order valence-corrected chi connectivity index (χ0v) is 22.2. The van der Waals surface area contributed by atoms with Crippen molar-refractivity contribution in [2.75, 3.05) is 44.4 Å². The monoisotopic (exact) mass is 517 g/mol. The molecule has 0 fully saturated rings. The molecular weight excluding hydrogens is 486 g/mol. The highest BCUT2D eigenvalue weighted by molar-refractivity contribution is 7.16. The van der Waals surface area contributed by atoms with Crippen LogP contribution in [0.3, 0.4) is 0 Å². The number of aliphatic hydroxyl groups excluding tert-OH is 1. The zero-order chi connectivity index (χ0) is 26.6. The Morgan fingerprint density at radius 3 is 2.46 bits per heavy atom. The van der Waals surface area contributed by atoms with Gasteiger partial charge >= 0.3 is 0 Å². The first-order chi connectivity index (χ1) is 18.0. The fraction of sp³-hybridized carbons (Fsp3) is 0.357. The number of hydrogen-bond acceptors (Lipinski definition) is 9. The number of azo groups is 1. The topological polar surface area (TPSA) is 114 Å². The molecule has 2 aromatic carbocycles. The molecule has 0 aliphatic rings. The van der Waals surface area contributed by atoms with Crippen molar-refractivity contribution in [1.29, 1.82) is 10.5 Å². The van der Waals surface area contributed by atoms with Crippen LogP contribution in [0, 0.1) is 36.5 Å². The molecule has 0 saturated heterocycles. The van der Waals surface area contributed by atoms with Crippen LogP contribution in [0.2, 0.25) is 0 Å². The standard InChI is InChI=1S/C28H31N5O3S/c1-4-33(19-26(22-8-6-5-7-9-22)36-15-14-35-13-12-34)23-10-11-25(20(2)16-23)31-32-28-24(17-29)21(3)27(18-30)37-28/h5-11,16,26,34H,4,12-15,19H2,1-3H3. The SMILES string of the molecule is CCN(CC(OCCOCCO)c1ccccc1)c1ccc(N=Nc2sc(C#N)c(C)c2C#N)c(C)c1. The quantitative estimate of drug-likeness (QED) is 0.216. The number of rotatable bonds is 13. The van der Waals surface area contributed by atoms with E-state index in [0.29, 0.717) is 53.1 Å². The fourth-order valence-electron chi connectivity index (χ4n) is 3.81. The van der Waals surface area contributed by atoms with Gasteiger partial charge in [0, 0.05) is 18.8 Å². The number of aliphatic hydroxyl groups is 1. The Hall–Kier alpha value is -3.60. The molecule has 1 heterocycles. The van der Waals surface area contributed by atoms with Crippen molar-refractivity contribution < 1.29 is 14.6 Å². The summed E-state index contributed by atoms with van der Waals surface area (Å²) in [5.74, 6) is 0. The van der Waals surface area contributed by atoms with Crippen LogP contribution in [0.5, 0.6) is 0 Å². The molecule has 37 heavy (non-hydrogen) atoms. The normalized spacial score (nSPS) is 11.8. The van der Waals surface area contributed by atoms with Crippen molar-refractivity contribution in [2.45, 2.75) is 26.9 Å². The summed E-state index contributed by atoms with van der Waals surface area (Å²) >= 11 is 1.18. The van der Waals surface area contributed by atoms with E-state index in [2.05, 4.69) is 52.4 Å². The Morgan fingerprint density at radius 2 is 1.81 bits per heavy atom. The predicted octanol–water partition coefficient (Wildman–Crippen LogP) is 6.12. The maximum Gasteiger partial charge on any atom is 0.158 e. The summed E-state index contributed by atoms with van der Waals surface area (Å²) in [6, 6.07) is 20.3. The molecule has 0 aliphatic heterocycles. The number of thiophene rings is 1. The molecule has 1 N–H and O–H groups in total. The molecule has 1 atom stereocenters. The van der Waals surface area contributed by atoms with Crippen LogP contribution < -0.4 is 4.90 Å². The number of hydrogen-bond donors (Lipinski definition) is 1. The average molecular weight is 518 g/mol. The first-order valence-electron chi connectivity index (χ1n) is 12.1. The smallest absolute Gasteiger partial charge is 0.158 e. The third kappa shape index (κ3) is 7.45. The van der Waals surface area contributed by atoms with Crippen LogP contribution >= 0.6 is 11.3 Å². The van der Waals surface area contributed by atoms with Gasteiger partial charge in [0.25, 0.3) is 0 Å². The van der Waals surface area contributed by atoms with Gasteiger partial charge in [-0.05, 0) is 55.7 Å². The van der Waals surface area contributed by atoms with Gasteiger partial charge in [0.05, 0.1) is 37.7 Å². The van der Waals surface area contributed by atoms with E-state index in [1.165, 1.54) is 11.3 Å². The van der Waals surface area contributed by atoms with Crippen molar-refractivity contribution in [1.82, 2.24) is 0 Å². The number of nitriles is 2. The van der Waals surface area contributed by atoms with Crippen molar-refractivity contribution >= 4 is 27.7 Å². The zero-order valence-electron chi connectivity index (χ0n) is 21.3. The highest BCUT2D eigenvalue weighted by Gasteiger charge is 2.18. The number of nitrogens with zero attached hydrogens (tertiary/aromatic N) is 5. The lowest BCUT2D eigenvalue weighted by atomic mass is 10.1. The molecule has 0 spiro atoms. The van der Waals surface area contributed by atoms with Gasteiger partial charge in [-0.25, -0.2) is 0 Å². The summed E-state index contributed by atoms with van der Waals surface area (Å²) in [5, 5.41) is 36.7. The van der Waals surface area contributed by atoms with E-state index in [-0.39, 0.29) is 12.7 Å². The van der Waals surface area contributed by atoms with Gasteiger partial charge in [0.2, 0.25) is 0 Å². The predicted molar refractivity (Wildman–Crippen MR) is 145 cm³/mol. The van der Waals surface area contributed by atoms with E-state index >= 15 is 0 Å². The fourth-order valence-corrected chi connectivity index (χ4v) is 4.69. The molecule has 0 bridgehead atoms. The van der Waals surface area contributed by atoms with Crippen LogP contribution in [0.15, 0.2) is 58.8 Å². The molecule has 8 nitrogen and oxygen atoms in total. The van der Waals surface area contributed by atoms with E-state index in [9.17, 15) is 10.5 Å². The largest absolute Gasteiger partial charge is 0.394 e. The second-order valence-corrected chi connectivity index (χ2v) is 9.27. The summed E-state index contributed by atoms with van der Waals surface area (Å²) in [6.45, 7) is 8.40. The van der Waals surface area contributed by atoms with E-state index < -0.39 is 0 Å². The second kappa shape index (κ2) is 14.2. The highest BCUT2D eigenvalue weighted by atomic mass is 32.1. The molecule has 3 aromatic rings. The Balaban J connectivity index is 1.77. The maximum atomic E-state index is 9.44. The van der Waals surface area contributed by atoms with E-state index in [4.69, 9.17) is 14.6 Å². The minimum absolute atomic E-state index is 0.00596. The third-order valence-electron chi connectivity index (χ3n) is 5.86. The van der Waals surface area contributed by atoms with Gasteiger partial charge in [-0.15, -0.1) is 21.6 Å². The summed E-state index contributed by atoms with van der Waals surface area (Å²) in [5.41, 5.74) is 4.81. The Morgan fingerprint density at radius 1 is 1.03 bits per heavy atom. The summed E-state index contributed by atoms with van der Waals surface area (Å²) < 4.78 is 11.5. The van der Waals surface area contributed by atoms with Crippen molar-refractivity contribution in [3.8, 4) is 12.1 Å². The minimum Gasteiger partial charge on any atom is -0.394 e. The molecule has 9 heteroatoms. The lowest BCUT2D eigenvalue weighted by molar-refractivity contribution is -0.000650. The first kappa shape index (κ1) is 28.0. The molecule has 192 valence electrons. The molecule has 1 aromatic heterocycles. The van der Waals surface area contributed by atoms with E-state index in [0.717, 1.165) is 23.4 Å². The number of aryl methyl sites for hydroxylation is 1. The van der Waals surface area contributed by atoms with Gasteiger partial charge in [-0.2, -0.15) is 10.5 Å². The van der Waals surface area contributed by atoms with Crippen molar-refractivity contribution in [2.24, 2.45) is 10.2 Å². The number of ether oxygens (including phenoxy) is 2. The van der Waals surface area contributed by atoms with Crippen LogP contribution in [0.4, 0.5) is 16.4 Å². The molecule has 0 saturated carbocycles. The van der Waals surface area contributed by atoms with E-state index in [1.807, 2.05) is 37.3 Å². The Labute approximate surface area is 222 Å². The van der Waals surface area contributed by atoms with Gasteiger partial charge in [0.1, 0.15) is 23.1 Å². The summed E-state index contributed by atoms with van der Waals surface area (Å²) in [4.78, 5) is 2.72. The summed E-state index contributed by atoms with van der Waals surface area (Å²) in [6.07, 6.45) is -0.153. The van der Waals surface area contributed by atoms with Crippen LogP contribution in [-0.4, -0.2) is 44.6 Å².